The van der Waals surface area contributed by atoms with Crippen LogP contribution in [0.3, 0.4) is 0 Å². The van der Waals surface area contributed by atoms with Crippen molar-refractivity contribution >= 4 is 17.7 Å². The first-order valence-corrected chi connectivity index (χ1v) is 8.52. The summed E-state index contributed by atoms with van der Waals surface area (Å²) < 4.78 is 5.28. The highest BCUT2D eigenvalue weighted by Gasteiger charge is 2.26. The summed E-state index contributed by atoms with van der Waals surface area (Å²) in [6, 6.07) is 0.172. The molecule has 1 saturated carbocycles. The molecule has 0 aliphatic heterocycles. The average Bonchev–Trinajstić information content (AvgIpc) is 2.83. The van der Waals surface area contributed by atoms with Gasteiger partial charge in [-0.2, -0.15) is 0 Å². The van der Waals surface area contributed by atoms with E-state index in [-0.39, 0.29) is 23.4 Å². The molecule has 24 heavy (non-hydrogen) atoms. The summed E-state index contributed by atoms with van der Waals surface area (Å²) in [5, 5.41) is 2.94. The molecule has 1 amide bonds. The minimum Gasteiger partial charge on any atom is -0.448 e. The maximum absolute atomic E-state index is 12.3. The summed E-state index contributed by atoms with van der Waals surface area (Å²) in [5.74, 6) is -0.999. The minimum absolute atomic E-state index is 0.108. The van der Waals surface area contributed by atoms with E-state index < -0.39 is 12.1 Å². The van der Waals surface area contributed by atoms with Crippen LogP contribution >= 0.6 is 0 Å². The second kappa shape index (κ2) is 7.64. The predicted molar refractivity (Wildman–Crippen MR) is 90.2 cm³/mol. The monoisotopic (exact) mass is 334 g/mol. The maximum Gasteiger partial charge on any atom is 0.355 e. The maximum atomic E-state index is 12.3. The topological polar surface area (TPSA) is 88.3 Å². The molecule has 0 unspecified atom stereocenters. The second-order valence-electron chi connectivity index (χ2n) is 6.57. The number of aryl methyl sites for hydroxylation is 1. The van der Waals surface area contributed by atoms with Crippen LogP contribution < -0.4 is 5.32 Å². The van der Waals surface area contributed by atoms with E-state index in [1.807, 2.05) is 0 Å². The number of ketones is 1. The van der Waals surface area contributed by atoms with E-state index in [0.29, 0.717) is 16.8 Å². The first kappa shape index (κ1) is 18.2. The zero-order valence-corrected chi connectivity index (χ0v) is 14.8. The van der Waals surface area contributed by atoms with Crippen molar-refractivity contribution in [3.8, 4) is 0 Å². The Balaban J connectivity index is 1.99. The van der Waals surface area contributed by atoms with Crippen molar-refractivity contribution in [2.24, 2.45) is 0 Å². The highest BCUT2D eigenvalue weighted by molar-refractivity contribution is 6.01. The van der Waals surface area contributed by atoms with Gasteiger partial charge in [0.05, 0.1) is 0 Å². The van der Waals surface area contributed by atoms with E-state index in [4.69, 9.17) is 4.74 Å². The van der Waals surface area contributed by atoms with Crippen LogP contribution in [0.5, 0.6) is 0 Å². The molecule has 0 bridgehead atoms. The molecule has 1 aliphatic rings. The number of rotatable bonds is 5. The van der Waals surface area contributed by atoms with Crippen LogP contribution in [0.1, 0.15) is 78.1 Å². The molecular weight excluding hydrogens is 308 g/mol. The number of esters is 1. The molecule has 6 nitrogen and oxygen atoms in total. The molecule has 0 saturated heterocycles. The van der Waals surface area contributed by atoms with E-state index in [9.17, 15) is 14.4 Å². The smallest absolute Gasteiger partial charge is 0.355 e. The van der Waals surface area contributed by atoms with Crippen LogP contribution in [0.4, 0.5) is 0 Å². The van der Waals surface area contributed by atoms with Gasteiger partial charge < -0.3 is 15.0 Å². The van der Waals surface area contributed by atoms with Gasteiger partial charge in [-0.05, 0) is 46.1 Å². The van der Waals surface area contributed by atoms with E-state index >= 15 is 0 Å². The van der Waals surface area contributed by atoms with Gasteiger partial charge in [-0.3, -0.25) is 9.59 Å². The van der Waals surface area contributed by atoms with Gasteiger partial charge in [-0.15, -0.1) is 0 Å². The molecule has 6 heteroatoms. The quantitative estimate of drug-likeness (QED) is 0.640. The van der Waals surface area contributed by atoms with Gasteiger partial charge in [0.2, 0.25) is 0 Å². The molecule has 1 atom stereocenters. The fourth-order valence-electron chi connectivity index (χ4n) is 3.32. The Morgan fingerprint density at radius 3 is 2.33 bits per heavy atom. The van der Waals surface area contributed by atoms with Crippen molar-refractivity contribution in [2.75, 3.05) is 0 Å². The number of Topliss-reactive ketones (excluding diaryl/α,β-unsaturated/α-hetero) is 1. The number of H-pyrrole nitrogens is 1. The van der Waals surface area contributed by atoms with Gasteiger partial charge >= 0.3 is 5.97 Å². The molecule has 1 heterocycles. The third-order valence-corrected chi connectivity index (χ3v) is 4.60. The summed E-state index contributed by atoms with van der Waals surface area (Å²) in [5.41, 5.74) is 1.92. The van der Waals surface area contributed by atoms with Crippen LogP contribution in [0.2, 0.25) is 0 Å². The molecule has 0 aromatic carbocycles. The van der Waals surface area contributed by atoms with E-state index in [0.717, 1.165) is 25.7 Å². The predicted octanol–water partition coefficient (Wildman–Crippen LogP) is 2.83. The minimum atomic E-state index is -0.872. The third-order valence-electron chi connectivity index (χ3n) is 4.60. The van der Waals surface area contributed by atoms with Crippen molar-refractivity contribution in [1.82, 2.24) is 10.3 Å². The Kier molecular flexibility index (Phi) is 5.80. The Labute approximate surface area is 142 Å². The van der Waals surface area contributed by atoms with Crippen molar-refractivity contribution in [3.05, 3.63) is 22.5 Å². The molecule has 2 N–H and O–H groups in total. The van der Waals surface area contributed by atoms with Crippen LogP contribution in [0.15, 0.2) is 0 Å². The lowest BCUT2D eigenvalue weighted by molar-refractivity contribution is -0.130. The zero-order chi connectivity index (χ0) is 17.9. The summed E-state index contributed by atoms with van der Waals surface area (Å²) in [7, 11) is 0. The standard InChI is InChI=1S/C18H26N2O4/c1-10-15(12(3)21)11(2)19-16(10)18(23)24-13(4)17(22)20-14-8-6-5-7-9-14/h13-14,19H,5-9H2,1-4H3,(H,20,22)/t13-/m1/s1. The van der Waals surface area contributed by atoms with E-state index in [1.54, 1.807) is 20.8 Å². The lowest BCUT2D eigenvalue weighted by Gasteiger charge is -2.24. The molecule has 1 aromatic heterocycles. The molecule has 132 valence electrons. The number of aromatic nitrogens is 1. The number of ether oxygens (including phenoxy) is 1. The molecule has 2 rings (SSSR count). The molecule has 1 aromatic rings. The van der Waals surface area contributed by atoms with Crippen LogP contribution in [-0.4, -0.2) is 34.8 Å². The van der Waals surface area contributed by atoms with Crippen LogP contribution in [-0.2, 0) is 9.53 Å². The molecule has 0 spiro atoms. The Bertz CT molecular complexity index is 642. The fourth-order valence-corrected chi connectivity index (χ4v) is 3.32. The summed E-state index contributed by atoms with van der Waals surface area (Å²) >= 11 is 0. The highest BCUT2D eigenvalue weighted by Crippen LogP contribution is 2.20. The summed E-state index contributed by atoms with van der Waals surface area (Å²) in [6.45, 7) is 6.45. The first-order chi connectivity index (χ1) is 11.3. The Hall–Kier alpha value is -2.11. The van der Waals surface area contributed by atoms with Gasteiger partial charge in [-0.25, -0.2) is 4.79 Å². The van der Waals surface area contributed by atoms with Gasteiger partial charge in [0.1, 0.15) is 5.69 Å². The van der Waals surface area contributed by atoms with Crippen molar-refractivity contribution in [2.45, 2.75) is 71.9 Å². The van der Waals surface area contributed by atoms with Gasteiger partial charge in [-0.1, -0.05) is 19.3 Å². The zero-order valence-electron chi connectivity index (χ0n) is 14.8. The molecule has 1 fully saturated rings. The Morgan fingerprint density at radius 2 is 1.79 bits per heavy atom. The summed E-state index contributed by atoms with van der Waals surface area (Å²) in [6.07, 6.45) is 4.53. The van der Waals surface area contributed by atoms with Gasteiger partial charge in [0, 0.05) is 17.3 Å². The number of hydrogen-bond donors (Lipinski definition) is 2. The van der Waals surface area contributed by atoms with Crippen molar-refractivity contribution < 1.29 is 19.1 Å². The van der Waals surface area contributed by atoms with E-state index in [2.05, 4.69) is 10.3 Å². The Morgan fingerprint density at radius 1 is 1.17 bits per heavy atom. The first-order valence-electron chi connectivity index (χ1n) is 8.52. The SMILES string of the molecule is CC(=O)c1c(C)[nH]c(C(=O)O[C@H](C)C(=O)NC2CCCCC2)c1C. The molecular formula is C18H26N2O4. The fraction of sp³-hybridized carbons (Fsp3) is 0.611. The summed E-state index contributed by atoms with van der Waals surface area (Å²) in [4.78, 5) is 39.0. The van der Waals surface area contributed by atoms with Crippen LogP contribution in [0, 0.1) is 13.8 Å². The van der Waals surface area contributed by atoms with E-state index in [1.165, 1.54) is 13.3 Å². The molecule has 1 aliphatic carbocycles. The number of aromatic amines is 1. The number of carbonyl (C=O) groups excluding carboxylic acids is 3. The highest BCUT2D eigenvalue weighted by atomic mass is 16.5. The number of amides is 1. The lowest BCUT2D eigenvalue weighted by Crippen LogP contribution is -2.42. The number of carbonyl (C=O) groups is 3. The lowest BCUT2D eigenvalue weighted by atomic mass is 9.95. The third kappa shape index (κ3) is 4.04. The van der Waals surface area contributed by atoms with Gasteiger partial charge in [0.15, 0.2) is 11.9 Å². The van der Waals surface area contributed by atoms with Crippen LogP contribution in [0.25, 0.3) is 0 Å². The van der Waals surface area contributed by atoms with Crippen molar-refractivity contribution in [3.63, 3.8) is 0 Å². The normalized spacial score (nSPS) is 16.5. The largest absolute Gasteiger partial charge is 0.448 e. The van der Waals surface area contributed by atoms with Crippen molar-refractivity contribution in [1.29, 1.82) is 0 Å². The number of nitrogens with one attached hydrogen (secondary N) is 2. The van der Waals surface area contributed by atoms with Gasteiger partial charge in [0.25, 0.3) is 5.91 Å². The number of hydrogen-bond acceptors (Lipinski definition) is 4. The molecule has 0 radical (unpaired) electrons. The second-order valence-corrected chi connectivity index (χ2v) is 6.57. The average molecular weight is 334 g/mol.